The molecule has 3 aromatic rings. The molecule has 0 saturated heterocycles. The SMILES string of the molecule is CC(C)CNC(=O)CS[C@H](C)c1nc2scc(-c3cccs3)c2c(=O)[nH]1. The average Bonchev–Trinajstić information content (AvgIpc) is 3.26. The third kappa shape index (κ3) is 4.36. The highest BCUT2D eigenvalue weighted by atomic mass is 32.2. The molecule has 0 radical (unpaired) electrons. The zero-order chi connectivity index (χ0) is 18.7. The first kappa shape index (κ1) is 19.1. The first-order valence-corrected chi connectivity index (χ1v) is 11.2. The lowest BCUT2D eigenvalue weighted by molar-refractivity contribution is -0.118. The van der Waals surface area contributed by atoms with E-state index in [-0.39, 0.29) is 16.7 Å². The summed E-state index contributed by atoms with van der Waals surface area (Å²) in [5.74, 6) is 1.40. The monoisotopic (exact) mass is 407 g/mol. The van der Waals surface area contributed by atoms with Gasteiger partial charge in [-0.05, 0) is 24.3 Å². The molecule has 0 unspecified atom stereocenters. The Kier molecular flexibility index (Phi) is 6.16. The molecule has 0 bridgehead atoms. The van der Waals surface area contributed by atoms with Crippen molar-refractivity contribution in [2.45, 2.75) is 26.0 Å². The van der Waals surface area contributed by atoms with E-state index < -0.39 is 0 Å². The summed E-state index contributed by atoms with van der Waals surface area (Å²) in [7, 11) is 0. The predicted octanol–water partition coefficient (Wildman–Crippen LogP) is 4.28. The van der Waals surface area contributed by atoms with Gasteiger partial charge in [-0.3, -0.25) is 9.59 Å². The van der Waals surface area contributed by atoms with Gasteiger partial charge < -0.3 is 10.3 Å². The van der Waals surface area contributed by atoms with E-state index in [4.69, 9.17) is 0 Å². The van der Waals surface area contributed by atoms with Crippen LogP contribution >= 0.6 is 34.4 Å². The number of rotatable bonds is 7. The van der Waals surface area contributed by atoms with Gasteiger partial charge in [0.15, 0.2) is 0 Å². The van der Waals surface area contributed by atoms with Crippen molar-refractivity contribution in [2.75, 3.05) is 12.3 Å². The van der Waals surface area contributed by atoms with Gasteiger partial charge in [0.05, 0.1) is 16.4 Å². The number of amides is 1. The maximum Gasteiger partial charge on any atom is 0.260 e. The van der Waals surface area contributed by atoms with Crippen LogP contribution in [0.4, 0.5) is 0 Å². The summed E-state index contributed by atoms with van der Waals surface area (Å²) >= 11 is 4.56. The molecule has 0 aromatic carbocycles. The van der Waals surface area contributed by atoms with Crippen molar-refractivity contribution in [3.8, 4) is 10.4 Å². The summed E-state index contributed by atoms with van der Waals surface area (Å²) in [5, 5.41) is 7.46. The number of aromatic amines is 1. The maximum absolute atomic E-state index is 12.6. The van der Waals surface area contributed by atoms with Crippen LogP contribution in [0.25, 0.3) is 20.7 Å². The maximum atomic E-state index is 12.6. The minimum absolute atomic E-state index is 0.00933. The second kappa shape index (κ2) is 8.37. The number of aromatic nitrogens is 2. The van der Waals surface area contributed by atoms with Crippen LogP contribution in [0.1, 0.15) is 31.8 Å². The van der Waals surface area contributed by atoms with Crippen LogP contribution < -0.4 is 10.9 Å². The zero-order valence-corrected chi connectivity index (χ0v) is 17.3. The van der Waals surface area contributed by atoms with E-state index in [1.165, 1.54) is 23.1 Å². The number of H-pyrrole nitrogens is 1. The number of nitrogens with zero attached hydrogens (tertiary/aromatic N) is 1. The van der Waals surface area contributed by atoms with Crippen molar-refractivity contribution < 1.29 is 4.79 Å². The molecule has 138 valence electrons. The summed E-state index contributed by atoms with van der Waals surface area (Å²) in [6, 6.07) is 3.98. The Morgan fingerprint density at radius 3 is 2.85 bits per heavy atom. The Morgan fingerprint density at radius 2 is 2.15 bits per heavy atom. The Morgan fingerprint density at radius 1 is 1.35 bits per heavy atom. The minimum atomic E-state index is -0.119. The standard InChI is InChI=1S/C18H21N3O2S3/c1-10(2)7-19-14(22)9-25-11(3)16-20-17(23)15-12(8-26-18(15)21-16)13-5-4-6-24-13/h4-6,8,10-11H,7,9H2,1-3H3,(H,19,22)(H,20,21,23)/t11-/m1/s1. The van der Waals surface area contributed by atoms with Crippen molar-refractivity contribution in [2.24, 2.45) is 5.92 Å². The van der Waals surface area contributed by atoms with Crippen LogP contribution in [0.5, 0.6) is 0 Å². The fourth-order valence-corrected chi connectivity index (χ4v) is 4.96. The van der Waals surface area contributed by atoms with Gasteiger partial charge in [-0.25, -0.2) is 4.98 Å². The molecule has 1 atom stereocenters. The largest absolute Gasteiger partial charge is 0.355 e. The molecule has 1 amide bonds. The first-order chi connectivity index (χ1) is 12.5. The molecule has 0 fully saturated rings. The van der Waals surface area contributed by atoms with Crippen LogP contribution in [-0.2, 0) is 4.79 Å². The lowest BCUT2D eigenvalue weighted by Crippen LogP contribution is -2.29. The van der Waals surface area contributed by atoms with Crippen LogP contribution in [0, 0.1) is 5.92 Å². The third-order valence-electron chi connectivity index (χ3n) is 3.81. The van der Waals surface area contributed by atoms with Crippen molar-refractivity contribution in [1.82, 2.24) is 15.3 Å². The molecule has 2 N–H and O–H groups in total. The Labute approximate surface area is 164 Å². The number of nitrogens with one attached hydrogen (secondary N) is 2. The molecule has 0 spiro atoms. The van der Waals surface area contributed by atoms with Crippen molar-refractivity contribution >= 4 is 50.6 Å². The van der Waals surface area contributed by atoms with Gasteiger partial charge in [0.25, 0.3) is 5.56 Å². The minimum Gasteiger partial charge on any atom is -0.355 e. The van der Waals surface area contributed by atoms with E-state index in [0.717, 1.165) is 15.3 Å². The number of carbonyl (C=O) groups excluding carboxylic acids is 1. The molecule has 26 heavy (non-hydrogen) atoms. The molecule has 8 heteroatoms. The van der Waals surface area contributed by atoms with Crippen LogP contribution in [0.2, 0.25) is 0 Å². The van der Waals surface area contributed by atoms with Gasteiger partial charge >= 0.3 is 0 Å². The van der Waals surface area contributed by atoms with Crippen LogP contribution in [-0.4, -0.2) is 28.2 Å². The lowest BCUT2D eigenvalue weighted by Gasteiger charge is -2.11. The number of thioether (sulfide) groups is 1. The second-order valence-electron chi connectivity index (χ2n) is 6.41. The molecule has 3 heterocycles. The summed E-state index contributed by atoms with van der Waals surface area (Å²) < 4.78 is 0. The van der Waals surface area contributed by atoms with Gasteiger partial charge in [0.1, 0.15) is 10.7 Å². The Balaban J connectivity index is 1.75. The van der Waals surface area contributed by atoms with E-state index in [9.17, 15) is 9.59 Å². The van der Waals surface area contributed by atoms with Gasteiger partial charge in [-0.1, -0.05) is 19.9 Å². The van der Waals surface area contributed by atoms with E-state index in [2.05, 4.69) is 29.1 Å². The molecule has 0 aliphatic carbocycles. The van der Waals surface area contributed by atoms with E-state index in [0.29, 0.717) is 29.4 Å². The number of thiophene rings is 2. The molecule has 0 aliphatic rings. The molecule has 5 nitrogen and oxygen atoms in total. The number of hydrogen-bond donors (Lipinski definition) is 2. The number of fused-ring (bicyclic) bond motifs is 1. The lowest BCUT2D eigenvalue weighted by atomic mass is 10.2. The normalized spacial score (nSPS) is 12.6. The molecule has 0 saturated carbocycles. The quantitative estimate of drug-likeness (QED) is 0.613. The van der Waals surface area contributed by atoms with Crippen LogP contribution in [0.15, 0.2) is 27.7 Å². The smallest absolute Gasteiger partial charge is 0.260 e. The molecular weight excluding hydrogens is 386 g/mol. The summed E-state index contributed by atoms with van der Waals surface area (Å²) in [4.78, 5) is 33.8. The number of hydrogen-bond acceptors (Lipinski definition) is 6. The predicted molar refractivity (Wildman–Crippen MR) is 112 cm³/mol. The zero-order valence-electron chi connectivity index (χ0n) is 14.9. The fraction of sp³-hybridized carbons (Fsp3) is 0.389. The van der Waals surface area contributed by atoms with Gasteiger partial charge in [0.2, 0.25) is 5.91 Å². The van der Waals surface area contributed by atoms with Crippen molar-refractivity contribution in [1.29, 1.82) is 0 Å². The molecular formula is C18H21N3O2S3. The highest BCUT2D eigenvalue weighted by Crippen LogP contribution is 2.34. The van der Waals surface area contributed by atoms with E-state index in [1.54, 1.807) is 11.3 Å². The summed E-state index contributed by atoms with van der Waals surface area (Å²) in [6.07, 6.45) is 0. The topological polar surface area (TPSA) is 74.8 Å². The fourth-order valence-electron chi connectivity index (χ4n) is 2.42. The molecule has 3 rings (SSSR count). The van der Waals surface area contributed by atoms with Gasteiger partial charge in [0, 0.05) is 22.4 Å². The highest BCUT2D eigenvalue weighted by Gasteiger charge is 2.17. The average molecular weight is 408 g/mol. The highest BCUT2D eigenvalue weighted by molar-refractivity contribution is 8.00. The first-order valence-electron chi connectivity index (χ1n) is 8.39. The second-order valence-corrected chi connectivity index (χ2v) is 9.54. The Bertz CT molecular complexity index is 944. The van der Waals surface area contributed by atoms with Crippen molar-refractivity contribution in [3.05, 3.63) is 39.1 Å². The summed E-state index contributed by atoms with van der Waals surface area (Å²) in [5.41, 5.74) is 0.819. The summed E-state index contributed by atoms with van der Waals surface area (Å²) in [6.45, 7) is 6.75. The number of carbonyl (C=O) groups is 1. The van der Waals surface area contributed by atoms with E-state index in [1.807, 2.05) is 29.8 Å². The molecule has 0 aliphatic heterocycles. The van der Waals surface area contributed by atoms with Crippen LogP contribution in [0.3, 0.4) is 0 Å². The van der Waals surface area contributed by atoms with Gasteiger partial charge in [-0.2, -0.15) is 0 Å². The molecule has 3 aromatic heterocycles. The van der Waals surface area contributed by atoms with Crippen molar-refractivity contribution in [3.63, 3.8) is 0 Å². The third-order valence-corrected chi connectivity index (χ3v) is 6.73. The van der Waals surface area contributed by atoms with Gasteiger partial charge in [-0.15, -0.1) is 34.4 Å². The Hall–Kier alpha value is -1.64. The van der Waals surface area contributed by atoms with E-state index >= 15 is 0 Å².